The smallest absolute Gasteiger partial charge is 0.263 e. The first-order chi connectivity index (χ1) is 7.90. The summed E-state index contributed by atoms with van der Waals surface area (Å²) in [6, 6.07) is 7.85. The van der Waals surface area contributed by atoms with Crippen LogP contribution in [0.25, 0.3) is 0 Å². The van der Waals surface area contributed by atoms with Crippen molar-refractivity contribution in [2.45, 2.75) is 13.5 Å². The second-order valence-corrected chi connectivity index (χ2v) is 3.13. The van der Waals surface area contributed by atoms with Gasteiger partial charge in [0.15, 0.2) is 0 Å². The number of tetrazole rings is 1. The summed E-state index contributed by atoms with van der Waals surface area (Å²) in [6.45, 7) is 3.22. The molecule has 2 N–H and O–H groups in total. The zero-order valence-electron chi connectivity index (χ0n) is 8.97. The van der Waals surface area contributed by atoms with Crippen LogP contribution in [0.5, 0.6) is 5.75 Å². The average Bonchev–Trinajstić information content (AvgIpc) is 2.81. The molecule has 6 nitrogen and oxygen atoms in total. The standard InChI is InChI=1S/C10H13N5O/c1-2-16-9-6-4-3-5-8(9)7-11-10-12-14-15-13-10/h3-6H,2,7H2,1H3,(H2,11,12,13,14,15). The lowest BCUT2D eigenvalue weighted by Crippen LogP contribution is -2.04. The maximum absolute atomic E-state index is 5.50. The van der Waals surface area contributed by atoms with Crippen molar-refractivity contribution in [3.63, 3.8) is 0 Å². The highest BCUT2D eigenvalue weighted by Gasteiger charge is 2.03. The van der Waals surface area contributed by atoms with Gasteiger partial charge in [0.2, 0.25) is 0 Å². The fraction of sp³-hybridized carbons (Fsp3) is 0.300. The largest absolute Gasteiger partial charge is 0.494 e. The second kappa shape index (κ2) is 5.11. The Bertz CT molecular complexity index is 429. The Kier molecular flexibility index (Phi) is 3.32. The van der Waals surface area contributed by atoms with Gasteiger partial charge in [0.1, 0.15) is 5.75 Å². The third kappa shape index (κ3) is 2.47. The first-order valence-corrected chi connectivity index (χ1v) is 5.08. The molecule has 0 radical (unpaired) electrons. The molecular formula is C10H13N5O. The maximum atomic E-state index is 5.50. The van der Waals surface area contributed by atoms with E-state index in [4.69, 9.17) is 4.74 Å². The van der Waals surface area contributed by atoms with Crippen molar-refractivity contribution in [2.75, 3.05) is 11.9 Å². The summed E-state index contributed by atoms with van der Waals surface area (Å²) in [7, 11) is 0. The summed E-state index contributed by atoms with van der Waals surface area (Å²) in [4.78, 5) is 0. The minimum absolute atomic E-state index is 0.478. The van der Waals surface area contributed by atoms with Crippen LogP contribution in [0, 0.1) is 0 Å². The number of rotatable bonds is 5. The van der Waals surface area contributed by atoms with Crippen LogP contribution in [0.4, 0.5) is 5.95 Å². The van der Waals surface area contributed by atoms with Gasteiger partial charge in [0.25, 0.3) is 5.95 Å². The van der Waals surface area contributed by atoms with Gasteiger partial charge in [-0.1, -0.05) is 23.3 Å². The topological polar surface area (TPSA) is 75.7 Å². The lowest BCUT2D eigenvalue weighted by Gasteiger charge is -2.09. The third-order valence-corrected chi connectivity index (χ3v) is 2.05. The van der Waals surface area contributed by atoms with Gasteiger partial charge in [-0.05, 0) is 18.2 Å². The van der Waals surface area contributed by atoms with Crippen molar-refractivity contribution in [3.05, 3.63) is 29.8 Å². The SMILES string of the molecule is CCOc1ccccc1CNc1nn[nH]n1. The number of ether oxygens (including phenoxy) is 1. The highest BCUT2D eigenvalue weighted by molar-refractivity contribution is 5.36. The van der Waals surface area contributed by atoms with Gasteiger partial charge in [-0.15, -0.1) is 5.10 Å². The molecule has 0 saturated heterocycles. The minimum Gasteiger partial charge on any atom is -0.494 e. The van der Waals surface area contributed by atoms with Crippen LogP contribution in [-0.4, -0.2) is 27.2 Å². The summed E-state index contributed by atoms with van der Waals surface area (Å²) in [5.41, 5.74) is 1.06. The molecule has 1 aromatic carbocycles. The highest BCUT2D eigenvalue weighted by Crippen LogP contribution is 2.18. The number of benzene rings is 1. The number of nitrogens with zero attached hydrogens (tertiary/aromatic N) is 3. The third-order valence-electron chi connectivity index (χ3n) is 2.05. The van der Waals surface area contributed by atoms with Crippen molar-refractivity contribution < 1.29 is 4.74 Å². The van der Waals surface area contributed by atoms with Gasteiger partial charge in [-0.3, -0.25) is 0 Å². The molecule has 6 heteroatoms. The van der Waals surface area contributed by atoms with Gasteiger partial charge in [-0.25, -0.2) is 0 Å². The molecule has 0 fully saturated rings. The molecule has 0 amide bonds. The van der Waals surface area contributed by atoms with Crippen molar-refractivity contribution in [1.29, 1.82) is 0 Å². The summed E-state index contributed by atoms with van der Waals surface area (Å²) >= 11 is 0. The Morgan fingerprint density at radius 1 is 1.38 bits per heavy atom. The van der Waals surface area contributed by atoms with E-state index in [0.717, 1.165) is 11.3 Å². The van der Waals surface area contributed by atoms with Crippen LogP contribution in [0.3, 0.4) is 0 Å². The Balaban J connectivity index is 2.03. The molecule has 0 atom stereocenters. The first-order valence-electron chi connectivity index (χ1n) is 5.08. The lowest BCUT2D eigenvalue weighted by molar-refractivity contribution is 0.337. The quantitative estimate of drug-likeness (QED) is 0.790. The lowest BCUT2D eigenvalue weighted by atomic mass is 10.2. The number of aromatic amines is 1. The van der Waals surface area contributed by atoms with E-state index in [-0.39, 0.29) is 0 Å². The summed E-state index contributed by atoms with van der Waals surface area (Å²) < 4.78 is 5.50. The zero-order chi connectivity index (χ0) is 11.2. The van der Waals surface area contributed by atoms with Crippen LogP contribution in [0.15, 0.2) is 24.3 Å². The molecule has 0 aliphatic carbocycles. The van der Waals surface area contributed by atoms with Crippen LogP contribution in [0.2, 0.25) is 0 Å². The Morgan fingerprint density at radius 2 is 2.25 bits per heavy atom. The van der Waals surface area contributed by atoms with Gasteiger partial charge < -0.3 is 10.1 Å². The van der Waals surface area contributed by atoms with Gasteiger partial charge in [0.05, 0.1) is 6.61 Å². The molecule has 0 bridgehead atoms. The molecule has 0 aliphatic rings. The van der Waals surface area contributed by atoms with E-state index >= 15 is 0 Å². The van der Waals surface area contributed by atoms with Gasteiger partial charge in [0, 0.05) is 12.1 Å². The predicted octanol–water partition coefficient (Wildman–Crippen LogP) is 1.21. The number of anilines is 1. The fourth-order valence-corrected chi connectivity index (χ4v) is 1.36. The van der Waals surface area contributed by atoms with Crippen molar-refractivity contribution in [2.24, 2.45) is 0 Å². The molecule has 0 aliphatic heterocycles. The fourth-order valence-electron chi connectivity index (χ4n) is 1.36. The van der Waals surface area contributed by atoms with Crippen LogP contribution >= 0.6 is 0 Å². The van der Waals surface area contributed by atoms with Crippen LogP contribution in [0.1, 0.15) is 12.5 Å². The van der Waals surface area contributed by atoms with E-state index in [2.05, 4.69) is 25.9 Å². The van der Waals surface area contributed by atoms with E-state index in [0.29, 0.717) is 19.1 Å². The normalized spacial score (nSPS) is 10.1. The number of nitrogens with one attached hydrogen (secondary N) is 2. The van der Waals surface area contributed by atoms with Gasteiger partial charge >= 0.3 is 0 Å². The minimum atomic E-state index is 0.478. The average molecular weight is 219 g/mol. The summed E-state index contributed by atoms with van der Waals surface area (Å²) in [5, 5.41) is 16.5. The van der Waals surface area contributed by atoms with Gasteiger partial charge in [-0.2, -0.15) is 5.21 Å². The number of hydrogen-bond donors (Lipinski definition) is 2. The van der Waals surface area contributed by atoms with Crippen molar-refractivity contribution in [3.8, 4) is 5.75 Å². The molecule has 2 rings (SSSR count). The molecular weight excluding hydrogens is 206 g/mol. The number of H-pyrrole nitrogens is 1. The van der Waals surface area contributed by atoms with Crippen molar-refractivity contribution in [1.82, 2.24) is 20.6 Å². The predicted molar refractivity (Wildman–Crippen MR) is 59.1 cm³/mol. The van der Waals surface area contributed by atoms with Crippen molar-refractivity contribution >= 4 is 5.95 Å². The van der Waals surface area contributed by atoms with E-state index in [1.54, 1.807) is 0 Å². The summed E-state index contributed by atoms with van der Waals surface area (Å²) in [6.07, 6.45) is 0. The molecule has 0 spiro atoms. The van der Waals surface area contributed by atoms with E-state index in [9.17, 15) is 0 Å². The molecule has 16 heavy (non-hydrogen) atoms. The zero-order valence-corrected chi connectivity index (χ0v) is 8.97. The Labute approximate surface area is 93.0 Å². The Morgan fingerprint density at radius 3 is 3.00 bits per heavy atom. The van der Waals surface area contributed by atoms with E-state index in [1.165, 1.54) is 0 Å². The molecule has 1 heterocycles. The van der Waals surface area contributed by atoms with E-state index < -0.39 is 0 Å². The maximum Gasteiger partial charge on any atom is 0.263 e. The van der Waals surface area contributed by atoms with Crippen LogP contribution in [-0.2, 0) is 6.54 Å². The second-order valence-electron chi connectivity index (χ2n) is 3.13. The number of aromatic nitrogens is 4. The monoisotopic (exact) mass is 219 g/mol. The molecule has 2 aromatic rings. The highest BCUT2D eigenvalue weighted by atomic mass is 16.5. The van der Waals surface area contributed by atoms with E-state index in [1.807, 2.05) is 31.2 Å². The first kappa shape index (κ1) is 10.4. The summed E-state index contributed by atoms with van der Waals surface area (Å²) in [5.74, 6) is 1.35. The Hall–Kier alpha value is -2.11. The molecule has 1 aromatic heterocycles. The number of hydrogen-bond acceptors (Lipinski definition) is 5. The number of para-hydroxylation sites is 1. The molecule has 0 unspecified atom stereocenters. The van der Waals surface area contributed by atoms with Crippen LogP contribution < -0.4 is 10.1 Å². The molecule has 84 valence electrons. The molecule has 0 saturated carbocycles.